The number of aromatic nitrogens is 3. The van der Waals surface area contributed by atoms with Gasteiger partial charge < -0.3 is 11.1 Å². The lowest BCUT2D eigenvalue weighted by Gasteiger charge is -2.07. The predicted molar refractivity (Wildman–Crippen MR) is 60.0 cm³/mol. The van der Waals surface area contributed by atoms with Crippen molar-refractivity contribution in [1.82, 2.24) is 14.6 Å². The van der Waals surface area contributed by atoms with Crippen LogP contribution in [0, 0.1) is 18.3 Å². The van der Waals surface area contributed by atoms with E-state index in [-0.39, 0.29) is 0 Å². The lowest BCUT2D eigenvalue weighted by molar-refractivity contribution is 0.908. The summed E-state index contributed by atoms with van der Waals surface area (Å²) in [6.07, 6.45) is 1.51. The number of nitrogens with one attached hydrogen (secondary N) is 1. The van der Waals surface area contributed by atoms with Crippen LogP contribution in [-0.4, -0.2) is 27.7 Å². The topological polar surface area (TPSA) is 92.0 Å². The van der Waals surface area contributed by atoms with E-state index in [4.69, 9.17) is 11.0 Å². The zero-order valence-corrected chi connectivity index (χ0v) is 8.94. The molecule has 0 aliphatic carbocycles. The van der Waals surface area contributed by atoms with Crippen LogP contribution in [-0.2, 0) is 0 Å². The molecule has 0 aliphatic heterocycles. The lowest BCUT2D eigenvalue weighted by Crippen LogP contribution is -2.15. The Bertz CT molecular complexity index is 550. The minimum atomic E-state index is 0.472. The highest BCUT2D eigenvalue weighted by Gasteiger charge is 2.08. The third-order valence-corrected chi connectivity index (χ3v) is 2.17. The molecule has 0 amide bonds. The van der Waals surface area contributed by atoms with Gasteiger partial charge in [0.2, 0.25) is 0 Å². The molecular formula is C10H12N6. The summed E-state index contributed by atoms with van der Waals surface area (Å²) < 4.78 is 1.61. The number of nitrogens with two attached hydrogens (primary N) is 1. The summed E-state index contributed by atoms with van der Waals surface area (Å²) in [4.78, 5) is 4.28. The van der Waals surface area contributed by atoms with Crippen molar-refractivity contribution in [3.63, 3.8) is 0 Å². The number of hydrogen-bond acceptors (Lipinski definition) is 5. The van der Waals surface area contributed by atoms with E-state index in [2.05, 4.69) is 21.5 Å². The summed E-state index contributed by atoms with van der Waals surface area (Å²) in [6, 6.07) is 3.93. The Morgan fingerprint density at radius 3 is 3.12 bits per heavy atom. The Morgan fingerprint density at radius 2 is 2.44 bits per heavy atom. The van der Waals surface area contributed by atoms with E-state index in [0.717, 1.165) is 11.5 Å². The van der Waals surface area contributed by atoms with Gasteiger partial charge in [-0.05, 0) is 6.92 Å². The van der Waals surface area contributed by atoms with Crippen molar-refractivity contribution >= 4 is 11.5 Å². The average Bonchev–Trinajstić information content (AvgIpc) is 2.68. The van der Waals surface area contributed by atoms with E-state index >= 15 is 0 Å². The number of rotatable bonds is 3. The smallest absolute Gasteiger partial charge is 0.175 e. The number of hydrogen-bond donors (Lipinski definition) is 2. The van der Waals surface area contributed by atoms with Gasteiger partial charge in [-0.15, -0.1) is 0 Å². The molecule has 0 saturated carbocycles. The van der Waals surface area contributed by atoms with Crippen LogP contribution in [0.15, 0.2) is 12.3 Å². The number of fused-ring (bicyclic) bond motifs is 1. The number of nitrogens with zero attached hydrogens (tertiary/aromatic N) is 4. The predicted octanol–water partition coefficient (Wildman–Crippen LogP) is 0.280. The lowest BCUT2D eigenvalue weighted by atomic mass is 10.3. The highest BCUT2D eigenvalue weighted by molar-refractivity contribution is 5.58. The molecule has 2 heterocycles. The van der Waals surface area contributed by atoms with Gasteiger partial charge in [-0.2, -0.15) is 14.9 Å². The molecule has 0 bridgehead atoms. The van der Waals surface area contributed by atoms with Gasteiger partial charge in [-0.25, -0.2) is 4.98 Å². The molecule has 0 atom stereocenters. The van der Waals surface area contributed by atoms with E-state index in [1.165, 1.54) is 6.20 Å². The van der Waals surface area contributed by atoms with E-state index in [0.29, 0.717) is 24.3 Å². The molecule has 16 heavy (non-hydrogen) atoms. The number of nitriles is 1. The molecular weight excluding hydrogens is 204 g/mol. The molecule has 6 nitrogen and oxygen atoms in total. The Morgan fingerprint density at radius 1 is 1.62 bits per heavy atom. The van der Waals surface area contributed by atoms with Gasteiger partial charge in [0.1, 0.15) is 17.5 Å². The second-order valence-corrected chi connectivity index (χ2v) is 3.40. The highest BCUT2D eigenvalue weighted by atomic mass is 15.3. The van der Waals surface area contributed by atoms with Gasteiger partial charge in [-0.3, -0.25) is 0 Å². The van der Waals surface area contributed by atoms with Gasteiger partial charge in [0.05, 0.1) is 6.20 Å². The van der Waals surface area contributed by atoms with Crippen LogP contribution in [0.5, 0.6) is 0 Å². The van der Waals surface area contributed by atoms with Crippen LogP contribution < -0.4 is 11.1 Å². The zero-order valence-electron chi connectivity index (χ0n) is 8.94. The molecule has 6 heteroatoms. The Labute approximate surface area is 92.7 Å². The Balaban J connectivity index is 2.56. The number of anilines is 1. The van der Waals surface area contributed by atoms with E-state index in [9.17, 15) is 0 Å². The molecule has 3 N–H and O–H groups in total. The third kappa shape index (κ3) is 1.68. The molecule has 2 aromatic rings. The molecule has 0 aliphatic rings. The molecule has 0 radical (unpaired) electrons. The van der Waals surface area contributed by atoms with Crippen LogP contribution in [0.4, 0.5) is 5.82 Å². The highest BCUT2D eigenvalue weighted by Crippen LogP contribution is 2.14. The maximum Gasteiger partial charge on any atom is 0.175 e. The summed E-state index contributed by atoms with van der Waals surface area (Å²) in [5.74, 6) is 0.800. The molecule has 0 aromatic carbocycles. The molecule has 0 saturated heterocycles. The van der Waals surface area contributed by atoms with Crippen molar-refractivity contribution in [1.29, 1.82) is 5.26 Å². The van der Waals surface area contributed by atoms with E-state index < -0.39 is 0 Å². The number of aryl methyl sites for hydroxylation is 1. The van der Waals surface area contributed by atoms with Gasteiger partial charge in [-0.1, -0.05) is 0 Å². The van der Waals surface area contributed by atoms with Crippen molar-refractivity contribution in [3.05, 3.63) is 23.5 Å². The van der Waals surface area contributed by atoms with Crippen molar-refractivity contribution in [2.24, 2.45) is 5.73 Å². The quantitative estimate of drug-likeness (QED) is 0.768. The van der Waals surface area contributed by atoms with Crippen LogP contribution in [0.1, 0.15) is 11.3 Å². The maximum atomic E-state index is 8.90. The normalized spacial score (nSPS) is 10.3. The van der Waals surface area contributed by atoms with Crippen LogP contribution in [0.3, 0.4) is 0 Å². The average molecular weight is 216 g/mol. The van der Waals surface area contributed by atoms with Crippen LogP contribution >= 0.6 is 0 Å². The fourth-order valence-corrected chi connectivity index (χ4v) is 1.49. The van der Waals surface area contributed by atoms with Crippen molar-refractivity contribution in [2.45, 2.75) is 6.92 Å². The fraction of sp³-hybridized carbons (Fsp3) is 0.300. The Kier molecular flexibility index (Phi) is 2.70. The first-order chi connectivity index (χ1) is 7.76. The second-order valence-electron chi connectivity index (χ2n) is 3.40. The summed E-state index contributed by atoms with van der Waals surface area (Å²) in [6.45, 7) is 3.07. The van der Waals surface area contributed by atoms with Crippen molar-refractivity contribution < 1.29 is 0 Å². The molecule has 2 rings (SSSR count). The SMILES string of the molecule is Cc1cc(NCCN)n2ncc(C#N)c2n1. The largest absolute Gasteiger partial charge is 0.369 e. The van der Waals surface area contributed by atoms with E-state index in [1.807, 2.05) is 13.0 Å². The van der Waals surface area contributed by atoms with Gasteiger partial charge in [0, 0.05) is 24.8 Å². The summed E-state index contributed by atoms with van der Waals surface area (Å²) in [5.41, 5.74) is 7.31. The van der Waals surface area contributed by atoms with Gasteiger partial charge >= 0.3 is 0 Å². The summed E-state index contributed by atoms with van der Waals surface area (Å²) in [7, 11) is 0. The fourth-order valence-electron chi connectivity index (χ4n) is 1.49. The van der Waals surface area contributed by atoms with Crippen molar-refractivity contribution in [3.8, 4) is 6.07 Å². The van der Waals surface area contributed by atoms with Crippen molar-refractivity contribution in [2.75, 3.05) is 18.4 Å². The van der Waals surface area contributed by atoms with Crippen LogP contribution in [0.25, 0.3) is 5.65 Å². The minimum Gasteiger partial charge on any atom is -0.369 e. The Hall–Kier alpha value is -2.13. The summed E-state index contributed by atoms with van der Waals surface area (Å²) >= 11 is 0. The van der Waals surface area contributed by atoms with Gasteiger partial charge in [0.15, 0.2) is 5.65 Å². The summed E-state index contributed by atoms with van der Waals surface area (Å²) in [5, 5.41) is 16.2. The molecule has 2 aromatic heterocycles. The minimum absolute atomic E-state index is 0.472. The van der Waals surface area contributed by atoms with Gasteiger partial charge in [0.25, 0.3) is 0 Å². The standard InChI is InChI=1S/C10H12N6/c1-7-4-9(13-3-2-11)16-10(15-7)8(5-12)6-14-16/h4,6,13H,2-3,11H2,1H3. The second kappa shape index (κ2) is 4.16. The molecule has 82 valence electrons. The first-order valence-corrected chi connectivity index (χ1v) is 4.95. The molecule has 0 spiro atoms. The molecule has 0 fully saturated rings. The molecule has 0 unspecified atom stereocenters. The van der Waals surface area contributed by atoms with E-state index in [1.54, 1.807) is 4.52 Å². The maximum absolute atomic E-state index is 8.90. The monoisotopic (exact) mass is 216 g/mol. The third-order valence-electron chi connectivity index (χ3n) is 2.17. The zero-order chi connectivity index (χ0) is 11.5. The first-order valence-electron chi connectivity index (χ1n) is 4.95. The van der Waals surface area contributed by atoms with Crippen LogP contribution in [0.2, 0.25) is 0 Å². The first kappa shape index (κ1) is 10.4.